The van der Waals surface area contributed by atoms with Gasteiger partial charge in [-0.25, -0.2) is 4.98 Å². The van der Waals surface area contributed by atoms with E-state index in [9.17, 15) is 15.0 Å². The van der Waals surface area contributed by atoms with Crippen molar-refractivity contribution in [3.05, 3.63) is 16.7 Å². The summed E-state index contributed by atoms with van der Waals surface area (Å²) in [4.78, 5) is 22.9. The summed E-state index contributed by atoms with van der Waals surface area (Å²) < 4.78 is 7.38. The van der Waals surface area contributed by atoms with E-state index in [0.29, 0.717) is 6.42 Å². The summed E-state index contributed by atoms with van der Waals surface area (Å²) in [6.45, 7) is 2.97. The molecule has 1 aliphatic heterocycles. The van der Waals surface area contributed by atoms with Crippen LogP contribution in [0.1, 0.15) is 12.6 Å². The van der Waals surface area contributed by atoms with Crippen LogP contribution in [0.4, 0.5) is 5.95 Å². The van der Waals surface area contributed by atoms with E-state index in [1.54, 1.807) is 7.05 Å². The molecule has 4 N–H and O–H groups in total. The molecule has 1 saturated heterocycles. The lowest BCUT2D eigenvalue weighted by Gasteiger charge is -2.18. The van der Waals surface area contributed by atoms with Crippen LogP contribution < -0.4 is 10.9 Å². The van der Waals surface area contributed by atoms with Crippen molar-refractivity contribution in [1.82, 2.24) is 19.5 Å². The van der Waals surface area contributed by atoms with E-state index in [4.69, 9.17) is 4.74 Å². The summed E-state index contributed by atoms with van der Waals surface area (Å²) in [5.41, 5.74) is 0.0498. The fourth-order valence-electron chi connectivity index (χ4n) is 2.91. The predicted octanol–water partition coefficient (Wildman–Crippen LogP) is -0.120. The third-order valence-corrected chi connectivity index (χ3v) is 5.77. The molecule has 2 unspecified atom stereocenters. The molecule has 10 heteroatoms. The Morgan fingerprint density at radius 2 is 2.16 bits per heavy atom. The van der Waals surface area contributed by atoms with Crippen molar-refractivity contribution in [2.45, 2.75) is 31.0 Å². The molecule has 1 fully saturated rings. The minimum Gasteiger partial charge on any atom is -0.388 e. The molecule has 2 aromatic heterocycles. The number of anilines is 1. The SMILES string of the molecule is C=P(C)(C)CCC1OC(n2cnc3c(=O)[nH]c(NC)nc32)[C@H](O)[C@@H]1O. The first-order valence-electron chi connectivity index (χ1n) is 8.05. The maximum atomic E-state index is 12.0. The predicted molar refractivity (Wildman–Crippen MR) is 99.0 cm³/mol. The number of hydrogen-bond acceptors (Lipinski definition) is 7. The normalized spacial score (nSPS) is 27.1. The third-order valence-electron chi connectivity index (χ3n) is 4.30. The number of H-pyrrole nitrogens is 1. The first-order valence-corrected chi connectivity index (χ1v) is 11.1. The number of hydrogen-bond donors (Lipinski definition) is 4. The van der Waals surface area contributed by atoms with Gasteiger partial charge in [0.25, 0.3) is 5.56 Å². The van der Waals surface area contributed by atoms with Crippen LogP contribution in [0.3, 0.4) is 0 Å². The lowest BCUT2D eigenvalue weighted by atomic mass is 10.1. The number of imidazole rings is 1. The van der Waals surface area contributed by atoms with Crippen LogP contribution >= 0.6 is 6.89 Å². The summed E-state index contributed by atoms with van der Waals surface area (Å²) >= 11 is 0. The molecule has 0 saturated carbocycles. The third kappa shape index (κ3) is 3.50. The minimum atomic E-state index is -1.26. The quantitative estimate of drug-likeness (QED) is 0.542. The maximum absolute atomic E-state index is 12.0. The summed E-state index contributed by atoms with van der Waals surface area (Å²) in [5.74, 6) is 0.285. The molecule has 138 valence electrons. The molecule has 0 amide bonds. The number of aromatic nitrogens is 4. The molecule has 3 heterocycles. The average molecular weight is 369 g/mol. The van der Waals surface area contributed by atoms with Gasteiger partial charge in [0.05, 0.1) is 12.4 Å². The number of rotatable bonds is 5. The Bertz CT molecular complexity index is 872. The van der Waals surface area contributed by atoms with Gasteiger partial charge in [-0.05, 0) is 25.9 Å². The van der Waals surface area contributed by atoms with Crippen LogP contribution in [0.5, 0.6) is 0 Å². The van der Waals surface area contributed by atoms with Crippen molar-refractivity contribution in [3.63, 3.8) is 0 Å². The van der Waals surface area contributed by atoms with Crippen molar-refractivity contribution in [3.8, 4) is 0 Å². The lowest BCUT2D eigenvalue weighted by Crippen LogP contribution is -2.32. The minimum absolute atomic E-state index is 0.151. The van der Waals surface area contributed by atoms with Crippen molar-refractivity contribution >= 4 is 30.3 Å². The molecule has 0 radical (unpaired) electrons. The van der Waals surface area contributed by atoms with E-state index < -0.39 is 31.4 Å². The van der Waals surface area contributed by atoms with Crippen molar-refractivity contribution in [1.29, 1.82) is 0 Å². The highest BCUT2D eigenvalue weighted by atomic mass is 31.2. The van der Waals surface area contributed by atoms with Crippen LogP contribution in [0.2, 0.25) is 0 Å². The number of aliphatic hydroxyl groups is 2. The van der Waals surface area contributed by atoms with E-state index in [0.717, 1.165) is 6.16 Å². The summed E-state index contributed by atoms with van der Waals surface area (Å²) in [6.07, 6.45) is 3.52. The second-order valence-electron chi connectivity index (χ2n) is 6.98. The van der Waals surface area contributed by atoms with Crippen LogP contribution in [0.25, 0.3) is 11.2 Å². The summed E-state index contributed by atoms with van der Waals surface area (Å²) in [5, 5.41) is 23.5. The fraction of sp³-hybridized carbons (Fsp3) is 0.600. The zero-order valence-electron chi connectivity index (χ0n) is 14.5. The Hall–Kier alpha value is -1.67. The first-order chi connectivity index (χ1) is 11.7. The molecule has 9 nitrogen and oxygen atoms in total. The van der Waals surface area contributed by atoms with Crippen molar-refractivity contribution < 1.29 is 14.9 Å². The van der Waals surface area contributed by atoms with Crippen molar-refractivity contribution in [2.75, 3.05) is 31.9 Å². The molecule has 3 rings (SSSR count). The lowest BCUT2D eigenvalue weighted by molar-refractivity contribution is -0.0353. The molecular weight excluding hydrogens is 345 g/mol. The number of ether oxygens (including phenoxy) is 1. The Morgan fingerprint density at radius 1 is 1.44 bits per heavy atom. The molecule has 0 aliphatic carbocycles. The van der Waals surface area contributed by atoms with Crippen molar-refractivity contribution in [2.24, 2.45) is 0 Å². The molecule has 1 aliphatic rings. The smallest absolute Gasteiger partial charge is 0.280 e. The van der Waals surface area contributed by atoms with Gasteiger partial charge in [0.1, 0.15) is 12.2 Å². The van der Waals surface area contributed by atoms with Gasteiger partial charge in [-0.2, -0.15) is 4.98 Å². The first kappa shape index (κ1) is 18.1. The highest BCUT2D eigenvalue weighted by molar-refractivity contribution is 7.72. The number of fused-ring (bicyclic) bond motifs is 1. The Labute approximate surface area is 145 Å². The zero-order valence-corrected chi connectivity index (χ0v) is 15.4. The summed E-state index contributed by atoms with van der Waals surface area (Å²) in [7, 11) is 1.63. The van der Waals surface area contributed by atoms with Crippen LogP contribution in [-0.4, -0.2) is 80.9 Å². The van der Waals surface area contributed by atoms with E-state index in [-0.39, 0.29) is 22.7 Å². The van der Waals surface area contributed by atoms with Crippen LogP contribution in [-0.2, 0) is 4.74 Å². The molecule has 2 aromatic rings. The Morgan fingerprint density at radius 3 is 2.80 bits per heavy atom. The Kier molecular flexibility index (Phi) is 4.76. The van der Waals surface area contributed by atoms with Gasteiger partial charge < -0.3 is 20.3 Å². The van der Waals surface area contributed by atoms with Gasteiger partial charge >= 0.3 is 0 Å². The maximum Gasteiger partial charge on any atom is 0.280 e. The van der Waals surface area contributed by atoms with E-state index in [1.807, 2.05) is 0 Å². The van der Waals surface area contributed by atoms with Gasteiger partial charge in [-0.3, -0.25) is 14.3 Å². The van der Waals surface area contributed by atoms with Crippen LogP contribution in [0, 0.1) is 0 Å². The standard InChI is InChI=1S/C15H24N5O4P/c1-16-15-18-12-9(13(23)19-15)17-7-20(12)14-11(22)10(21)8(24-14)5-6-25(2,3)4/h7-8,10-11,14,21-22H,2,5-6H2,1,3-4H3,(H2,16,18,19,23)/t8?,10-,11-,14?/m1/s1. The Balaban J connectivity index is 1.91. The molecule has 0 aromatic carbocycles. The van der Waals surface area contributed by atoms with E-state index >= 15 is 0 Å². The largest absolute Gasteiger partial charge is 0.388 e. The highest BCUT2D eigenvalue weighted by Gasteiger charge is 2.44. The van der Waals surface area contributed by atoms with E-state index in [1.165, 1.54) is 10.9 Å². The molecule has 0 spiro atoms. The zero-order chi connectivity index (χ0) is 18.4. The number of nitrogens with zero attached hydrogens (tertiary/aromatic N) is 3. The number of aliphatic hydroxyl groups excluding tert-OH is 2. The fourth-order valence-corrected chi connectivity index (χ4v) is 3.86. The molecular formula is C15H24N5O4P. The molecule has 4 atom stereocenters. The van der Waals surface area contributed by atoms with Gasteiger partial charge in [0, 0.05) is 7.05 Å². The molecule has 0 bridgehead atoms. The van der Waals surface area contributed by atoms with Gasteiger partial charge in [0.2, 0.25) is 5.95 Å². The van der Waals surface area contributed by atoms with Crippen LogP contribution in [0.15, 0.2) is 11.1 Å². The van der Waals surface area contributed by atoms with Gasteiger partial charge in [0.15, 0.2) is 17.4 Å². The number of nitrogens with one attached hydrogen (secondary N) is 2. The van der Waals surface area contributed by atoms with Gasteiger partial charge in [-0.15, -0.1) is 13.2 Å². The monoisotopic (exact) mass is 369 g/mol. The average Bonchev–Trinajstić information content (AvgIpc) is 3.08. The second-order valence-corrected chi connectivity index (χ2v) is 11.3. The van der Waals surface area contributed by atoms with Gasteiger partial charge in [-0.1, -0.05) is 0 Å². The van der Waals surface area contributed by atoms with E-state index in [2.05, 4.69) is 39.9 Å². The topological polar surface area (TPSA) is 125 Å². The highest BCUT2D eigenvalue weighted by Crippen LogP contribution is 2.39. The second kappa shape index (κ2) is 6.57. The summed E-state index contributed by atoms with van der Waals surface area (Å²) in [6, 6.07) is 0. The number of aromatic amines is 1. The molecule has 25 heavy (non-hydrogen) atoms.